The molecule has 0 atom stereocenters. The normalized spacial score (nSPS) is 13.9. The van der Waals surface area contributed by atoms with Crippen LogP contribution in [0.2, 0.25) is 0 Å². The van der Waals surface area contributed by atoms with Gasteiger partial charge in [-0.25, -0.2) is 9.78 Å². The predicted octanol–water partition coefficient (Wildman–Crippen LogP) is 5.47. The Morgan fingerprint density at radius 3 is 2.42 bits per heavy atom. The molecule has 1 aromatic heterocycles. The highest BCUT2D eigenvalue weighted by molar-refractivity contribution is 6.05. The number of carboxylic acids is 1. The van der Waals surface area contributed by atoms with E-state index in [9.17, 15) is 19.8 Å². The molecule has 5 rings (SSSR count). The first-order valence-corrected chi connectivity index (χ1v) is 11.0. The second-order valence-corrected chi connectivity index (χ2v) is 8.33. The van der Waals surface area contributed by atoms with Gasteiger partial charge >= 0.3 is 5.97 Å². The minimum atomic E-state index is -0.984. The number of carbonyl (C=O) groups is 2. The Bertz CT molecular complexity index is 1350. The van der Waals surface area contributed by atoms with Gasteiger partial charge < -0.3 is 20.1 Å². The highest BCUT2D eigenvalue weighted by Gasteiger charge is 2.24. The lowest BCUT2D eigenvalue weighted by molar-refractivity contribution is 0.0696. The minimum Gasteiger partial charge on any atom is -0.508 e. The van der Waals surface area contributed by atoms with Crippen molar-refractivity contribution in [1.29, 1.82) is 0 Å². The van der Waals surface area contributed by atoms with Crippen LogP contribution < -0.4 is 5.32 Å². The van der Waals surface area contributed by atoms with E-state index in [-0.39, 0.29) is 23.3 Å². The zero-order chi connectivity index (χ0) is 22.9. The summed E-state index contributed by atoms with van der Waals surface area (Å²) in [7, 11) is 0. The van der Waals surface area contributed by atoms with Crippen LogP contribution in [-0.4, -0.2) is 31.6 Å². The SMILES string of the molecule is O=C(O)c1ccc2c(c1)nc(-c1cccc(C(=O)Nc3ccc(O)cc3)c1)n2C1CCCC1. The first-order chi connectivity index (χ1) is 16.0. The van der Waals surface area contributed by atoms with E-state index in [0.717, 1.165) is 42.6 Å². The molecule has 33 heavy (non-hydrogen) atoms. The molecule has 3 N–H and O–H groups in total. The van der Waals surface area contributed by atoms with Crippen molar-refractivity contribution in [3.05, 3.63) is 77.9 Å². The molecule has 1 fully saturated rings. The fourth-order valence-electron chi connectivity index (χ4n) is 4.52. The molecule has 1 saturated carbocycles. The molecule has 3 aromatic carbocycles. The van der Waals surface area contributed by atoms with Crippen molar-refractivity contribution in [2.75, 3.05) is 5.32 Å². The lowest BCUT2D eigenvalue weighted by Gasteiger charge is -2.17. The summed E-state index contributed by atoms with van der Waals surface area (Å²) in [5, 5.41) is 21.7. The Hall–Kier alpha value is -4.13. The van der Waals surface area contributed by atoms with Gasteiger partial charge in [-0.05, 0) is 67.4 Å². The summed E-state index contributed by atoms with van der Waals surface area (Å²) in [6.45, 7) is 0. The van der Waals surface area contributed by atoms with E-state index in [4.69, 9.17) is 4.98 Å². The average Bonchev–Trinajstić information content (AvgIpc) is 3.47. The lowest BCUT2D eigenvalue weighted by Crippen LogP contribution is -2.12. The van der Waals surface area contributed by atoms with E-state index in [1.807, 2.05) is 18.2 Å². The number of nitrogens with zero attached hydrogens (tertiary/aromatic N) is 2. The molecule has 1 aliphatic carbocycles. The molecule has 1 amide bonds. The number of carboxylic acid groups (broad SMARTS) is 1. The number of carbonyl (C=O) groups excluding carboxylic acids is 1. The maximum Gasteiger partial charge on any atom is 0.335 e. The molecule has 0 bridgehead atoms. The number of hydrogen-bond acceptors (Lipinski definition) is 4. The van der Waals surface area contributed by atoms with Gasteiger partial charge in [-0.15, -0.1) is 0 Å². The van der Waals surface area contributed by atoms with E-state index in [1.54, 1.807) is 36.4 Å². The number of amides is 1. The van der Waals surface area contributed by atoms with Gasteiger partial charge in [0.05, 0.1) is 16.6 Å². The second-order valence-electron chi connectivity index (χ2n) is 8.33. The fraction of sp³-hybridized carbons (Fsp3) is 0.192. The Kier molecular flexibility index (Phi) is 5.30. The number of hydrogen-bond donors (Lipinski definition) is 3. The molecule has 4 aromatic rings. The zero-order valence-corrected chi connectivity index (χ0v) is 17.9. The van der Waals surface area contributed by atoms with Gasteiger partial charge in [0.15, 0.2) is 0 Å². The first-order valence-electron chi connectivity index (χ1n) is 11.0. The number of phenols is 1. The fourth-order valence-corrected chi connectivity index (χ4v) is 4.52. The number of benzene rings is 3. The number of aromatic carboxylic acids is 1. The summed E-state index contributed by atoms with van der Waals surface area (Å²) in [5.41, 5.74) is 3.61. The van der Waals surface area contributed by atoms with Gasteiger partial charge in [-0.2, -0.15) is 0 Å². The van der Waals surface area contributed by atoms with Crippen LogP contribution in [-0.2, 0) is 0 Å². The van der Waals surface area contributed by atoms with Gasteiger partial charge in [0, 0.05) is 22.9 Å². The molecular formula is C26H23N3O4. The van der Waals surface area contributed by atoms with Crippen molar-refractivity contribution in [2.45, 2.75) is 31.7 Å². The van der Waals surface area contributed by atoms with E-state index in [1.165, 1.54) is 12.1 Å². The quantitative estimate of drug-likeness (QED) is 0.356. The number of phenolic OH excluding ortho intramolecular Hbond substituents is 1. The maximum atomic E-state index is 12.8. The van der Waals surface area contributed by atoms with Crippen molar-refractivity contribution in [1.82, 2.24) is 9.55 Å². The van der Waals surface area contributed by atoms with Crippen LogP contribution in [0.25, 0.3) is 22.4 Å². The maximum absolute atomic E-state index is 12.8. The average molecular weight is 441 g/mol. The third-order valence-corrected chi connectivity index (χ3v) is 6.13. The molecule has 7 nitrogen and oxygen atoms in total. The topological polar surface area (TPSA) is 104 Å². The van der Waals surface area contributed by atoms with Crippen molar-refractivity contribution in [2.24, 2.45) is 0 Å². The third-order valence-electron chi connectivity index (χ3n) is 6.13. The van der Waals surface area contributed by atoms with Crippen LogP contribution in [0.1, 0.15) is 52.4 Å². The van der Waals surface area contributed by atoms with Gasteiger partial charge in [0.25, 0.3) is 5.91 Å². The Morgan fingerprint density at radius 2 is 1.70 bits per heavy atom. The minimum absolute atomic E-state index is 0.131. The lowest BCUT2D eigenvalue weighted by atomic mass is 10.1. The summed E-state index contributed by atoms with van der Waals surface area (Å²) in [6, 6.07) is 18.9. The number of fused-ring (bicyclic) bond motifs is 1. The van der Waals surface area contributed by atoms with Crippen LogP contribution >= 0.6 is 0 Å². The van der Waals surface area contributed by atoms with Crippen LogP contribution in [0.5, 0.6) is 5.75 Å². The second kappa shape index (κ2) is 8.43. The van der Waals surface area contributed by atoms with E-state index < -0.39 is 5.97 Å². The highest BCUT2D eigenvalue weighted by Crippen LogP contribution is 2.37. The third kappa shape index (κ3) is 4.05. The van der Waals surface area contributed by atoms with E-state index in [2.05, 4.69) is 9.88 Å². The summed E-state index contributed by atoms with van der Waals surface area (Å²) < 4.78 is 2.20. The largest absolute Gasteiger partial charge is 0.508 e. The molecule has 0 spiro atoms. The number of imidazole rings is 1. The molecule has 7 heteroatoms. The summed E-state index contributed by atoms with van der Waals surface area (Å²) in [4.78, 5) is 29.1. The van der Waals surface area contributed by atoms with Crippen LogP contribution in [0.15, 0.2) is 66.7 Å². The van der Waals surface area contributed by atoms with Crippen molar-refractivity contribution in [3.63, 3.8) is 0 Å². The number of nitrogens with one attached hydrogen (secondary N) is 1. The zero-order valence-electron chi connectivity index (χ0n) is 17.9. The molecule has 0 aliphatic heterocycles. The Balaban J connectivity index is 1.55. The first kappa shape index (κ1) is 20.8. The van der Waals surface area contributed by atoms with E-state index >= 15 is 0 Å². The smallest absolute Gasteiger partial charge is 0.335 e. The van der Waals surface area contributed by atoms with Crippen LogP contribution in [0.3, 0.4) is 0 Å². The van der Waals surface area contributed by atoms with Gasteiger partial charge in [0.1, 0.15) is 11.6 Å². The Morgan fingerprint density at radius 1 is 0.939 bits per heavy atom. The Labute approximate surface area is 190 Å². The predicted molar refractivity (Wildman–Crippen MR) is 126 cm³/mol. The summed E-state index contributed by atoms with van der Waals surface area (Å²) in [5.74, 6) is -0.383. The van der Waals surface area contributed by atoms with Gasteiger partial charge in [-0.1, -0.05) is 25.0 Å². The number of anilines is 1. The van der Waals surface area contributed by atoms with Crippen molar-refractivity contribution >= 4 is 28.6 Å². The van der Waals surface area contributed by atoms with Gasteiger partial charge in [0.2, 0.25) is 0 Å². The molecule has 1 aliphatic rings. The molecule has 166 valence electrons. The van der Waals surface area contributed by atoms with Crippen molar-refractivity contribution < 1.29 is 19.8 Å². The molecule has 1 heterocycles. The van der Waals surface area contributed by atoms with E-state index in [0.29, 0.717) is 16.8 Å². The summed E-state index contributed by atoms with van der Waals surface area (Å²) >= 11 is 0. The molecule has 0 radical (unpaired) electrons. The summed E-state index contributed by atoms with van der Waals surface area (Å²) in [6.07, 6.45) is 4.37. The van der Waals surface area contributed by atoms with Gasteiger partial charge in [-0.3, -0.25) is 4.79 Å². The highest BCUT2D eigenvalue weighted by atomic mass is 16.4. The molecule has 0 saturated heterocycles. The van der Waals surface area contributed by atoms with Crippen LogP contribution in [0, 0.1) is 0 Å². The molecule has 0 unspecified atom stereocenters. The van der Waals surface area contributed by atoms with Crippen molar-refractivity contribution in [3.8, 4) is 17.1 Å². The van der Waals surface area contributed by atoms with Crippen LogP contribution in [0.4, 0.5) is 5.69 Å². The number of aromatic hydroxyl groups is 1. The monoisotopic (exact) mass is 441 g/mol. The number of aromatic nitrogens is 2. The number of rotatable bonds is 5. The molecular weight excluding hydrogens is 418 g/mol. The standard InChI is InChI=1S/C26H23N3O4/c30-21-11-9-19(10-12-21)27-25(31)17-5-3-4-16(14-17)24-28-22-15-18(26(32)33)8-13-23(22)29(24)20-6-1-2-7-20/h3-5,8-15,20,30H,1-2,6-7H2,(H,27,31)(H,32,33).